The number of fused-ring (bicyclic) bond motifs is 1. The zero-order valence-electron chi connectivity index (χ0n) is 10.9. The molecule has 0 saturated carbocycles. The van der Waals surface area contributed by atoms with Crippen molar-refractivity contribution in [2.75, 3.05) is 4.90 Å². The van der Waals surface area contributed by atoms with Crippen molar-refractivity contribution in [3.05, 3.63) is 63.3 Å². The van der Waals surface area contributed by atoms with E-state index in [9.17, 15) is 19.7 Å². The van der Waals surface area contributed by atoms with Crippen LogP contribution >= 0.6 is 0 Å². The molecule has 1 aromatic carbocycles. The molecule has 3 rings (SSSR count). The number of hydrogen-bond donors (Lipinski definition) is 0. The van der Waals surface area contributed by atoms with Gasteiger partial charge in [0.1, 0.15) is 5.82 Å². The molecule has 0 radical (unpaired) electrons. The number of non-ortho nitro benzene ring substituents is 1. The SMILES string of the molecule is Cc1cccc(N2C(=O)c3ccc([N+](=O)[O-])cc3C2=O)n1. The van der Waals surface area contributed by atoms with E-state index in [1.807, 2.05) is 0 Å². The molecular formula is C14H9N3O4. The summed E-state index contributed by atoms with van der Waals surface area (Å²) in [5.74, 6) is -0.913. The Hall–Kier alpha value is -3.09. The summed E-state index contributed by atoms with van der Waals surface area (Å²) in [7, 11) is 0. The maximum absolute atomic E-state index is 12.3. The molecule has 0 N–H and O–H groups in total. The smallest absolute Gasteiger partial charge is 0.268 e. The fourth-order valence-corrected chi connectivity index (χ4v) is 2.20. The third kappa shape index (κ3) is 1.95. The van der Waals surface area contributed by atoms with E-state index in [0.29, 0.717) is 5.69 Å². The van der Waals surface area contributed by atoms with Crippen LogP contribution in [0.2, 0.25) is 0 Å². The standard InChI is InChI=1S/C14H9N3O4/c1-8-3-2-4-12(15-8)16-13(18)10-6-5-9(17(20)21)7-11(10)14(16)19/h2-7H,1H3. The number of imide groups is 1. The predicted octanol–water partition coefficient (Wildman–Crippen LogP) is 2.10. The number of nitro groups is 1. The maximum atomic E-state index is 12.3. The van der Waals surface area contributed by atoms with Gasteiger partial charge in [-0.2, -0.15) is 0 Å². The molecule has 1 aliphatic heterocycles. The number of pyridine rings is 1. The minimum atomic E-state index is -0.606. The first-order valence-corrected chi connectivity index (χ1v) is 6.10. The van der Waals surface area contributed by atoms with Gasteiger partial charge in [0.2, 0.25) is 0 Å². The van der Waals surface area contributed by atoms with Gasteiger partial charge in [-0.25, -0.2) is 9.88 Å². The van der Waals surface area contributed by atoms with Crippen LogP contribution in [0.15, 0.2) is 36.4 Å². The molecule has 104 valence electrons. The third-order valence-electron chi connectivity index (χ3n) is 3.18. The monoisotopic (exact) mass is 283 g/mol. The van der Waals surface area contributed by atoms with Gasteiger partial charge in [-0.15, -0.1) is 0 Å². The lowest BCUT2D eigenvalue weighted by Crippen LogP contribution is -2.30. The first kappa shape index (κ1) is 12.9. The van der Waals surface area contributed by atoms with Crippen molar-refractivity contribution < 1.29 is 14.5 Å². The summed E-state index contributed by atoms with van der Waals surface area (Å²) in [5, 5.41) is 10.8. The van der Waals surface area contributed by atoms with E-state index >= 15 is 0 Å². The lowest BCUT2D eigenvalue weighted by molar-refractivity contribution is -0.384. The molecule has 0 aliphatic carbocycles. The number of nitro benzene ring substituents is 1. The van der Waals surface area contributed by atoms with Crippen molar-refractivity contribution in [1.29, 1.82) is 0 Å². The molecule has 1 aromatic heterocycles. The number of anilines is 1. The van der Waals surface area contributed by atoms with Crippen LogP contribution in [0.5, 0.6) is 0 Å². The van der Waals surface area contributed by atoms with Crippen LogP contribution in [0, 0.1) is 17.0 Å². The molecule has 1 aliphatic rings. The molecule has 21 heavy (non-hydrogen) atoms. The largest absolute Gasteiger partial charge is 0.270 e. The highest BCUT2D eigenvalue weighted by atomic mass is 16.6. The first-order chi connectivity index (χ1) is 9.99. The number of carbonyl (C=O) groups excluding carboxylic acids is 2. The molecular weight excluding hydrogens is 274 g/mol. The minimum absolute atomic E-state index is 0.0255. The van der Waals surface area contributed by atoms with E-state index in [2.05, 4.69) is 4.98 Å². The van der Waals surface area contributed by atoms with E-state index in [1.165, 1.54) is 12.1 Å². The van der Waals surface area contributed by atoms with Gasteiger partial charge in [0.15, 0.2) is 0 Å². The van der Waals surface area contributed by atoms with Crippen LogP contribution in [0.1, 0.15) is 26.4 Å². The quantitative estimate of drug-likeness (QED) is 0.478. The number of aromatic nitrogens is 1. The van der Waals surface area contributed by atoms with Crippen molar-refractivity contribution in [1.82, 2.24) is 4.98 Å². The van der Waals surface area contributed by atoms with E-state index in [1.54, 1.807) is 25.1 Å². The van der Waals surface area contributed by atoms with Crippen LogP contribution in [0.4, 0.5) is 11.5 Å². The first-order valence-electron chi connectivity index (χ1n) is 6.10. The highest BCUT2D eigenvalue weighted by molar-refractivity contribution is 6.34. The second-order valence-electron chi connectivity index (χ2n) is 4.57. The average molecular weight is 283 g/mol. The number of rotatable bonds is 2. The van der Waals surface area contributed by atoms with Crippen LogP contribution in [-0.4, -0.2) is 21.7 Å². The molecule has 0 unspecified atom stereocenters. The van der Waals surface area contributed by atoms with Gasteiger partial charge in [-0.1, -0.05) is 6.07 Å². The number of nitrogens with zero attached hydrogens (tertiary/aromatic N) is 3. The molecule has 2 aromatic rings. The molecule has 0 bridgehead atoms. The Balaban J connectivity index is 2.10. The summed E-state index contributed by atoms with van der Waals surface area (Å²) in [4.78, 5) is 39.9. The molecule has 7 nitrogen and oxygen atoms in total. The third-order valence-corrected chi connectivity index (χ3v) is 3.18. The molecule has 0 fully saturated rings. The molecule has 2 amide bonds. The minimum Gasteiger partial charge on any atom is -0.268 e. The Morgan fingerprint density at radius 3 is 2.48 bits per heavy atom. The van der Waals surface area contributed by atoms with Gasteiger partial charge >= 0.3 is 0 Å². The predicted molar refractivity (Wildman–Crippen MR) is 73.2 cm³/mol. The van der Waals surface area contributed by atoms with Crippen LogP contribution in [0.3, 0.4) is 0 Å². The summed E-state index contributed by atoms with van der Waals surface area (Å²) < 4.78 is 0. The maximum Gasteiger partial charge on any atom is 0.270 e. The highest BCUT2D eigenvalue weighted by Crippen LogP contribution is 2.29. The lowest BCUT2D eigenvalue weighted by Gasteiger charge is -2.12. The van der Waals surface area contributed by atoms with Gasteiger partial charge in [-0.3, -0.25) is 19.7 Å². The second kappa shape index (κ2) is 4.48. The molecule has 0 atom stereocenters. The number of benzene rings is 1. The summed E-state index contributed by atoms with van der Waals surface area (Å²) >= 11 is 0. The Morgan fingerprint density at radius 1 is 1.10 bits per heavy atom. The topological polar surface area (TPSA) is 93.4 Å². The highest BCUT2D eigenvalue weighted by Gasteiger charge is 2.38. The van der Waals surface area contributed by atoms with E-state index in [0.717, 1.165) is 11.0 Å². The van der Waals surface area contributed by atoms with Crippen LogP contribution < -0.4 is 4.90 Å². The summed E-state index contributed by atoms with van der Waals surface area (Å²) in [5.41, 5.74) is 0.607. The normalized spacial score (nSPS) is 13.5. The molecule has 2 heterocycles. The summed E-state index contributed by atoms with van der Waals surface area (Å²) in [6.45, 7) is 1.74. The summed E-state index contributed by atoms with van der Waals surface area (Å²) in [6.07, 6.45) is 0. The number of carbonyl (C=O) groups is 2. The van der Waals surface area contributed by atoms with Gasteiger partial charge in [0.05, 0.1) is 16.1 Å². The fourth-order valence-electron chi connectivity index (χ4n) is 2.20. The van der Waals surface area contributed by atoms with Gasteiger partial charge in [0.25, 0.3) is 17.5 Å². The Bertz CT molecular complexity index is 801. The van der Waals surface area contributed by atoms with Crippen LogP contribution in [-0.2, 0) is 0 Å². The van der Waals surface area contributed by atoms with Crippen LogP contribution in [0.25, 0.3) is 0 Å². The number of hydrogen-bond acceptors (Lipinski definition) is 5. The summed E-state index contributed by atoms with van der Waals surface area (Å²) in [6, 6.07) is 8.59. The lowest BCUT2D eigenvalue weighted by atomic mass is 10.1. The molecule has 7 heteroatoms. The van der Waals surface area contributed by atoms with Crippen molar-refractivity contribution in [2.45, 2.75) is 6.92 Å². The Kier molecular flexibility index (Phi) is 2.76. The number of aryl methyl sites for hydroxylation is 1. The van der Waals surface area contributed by atoms with Crippen molar-refractivity contribution in [2.24, 2.45) is 0 Å². The second-order valence-corrected chi connectivity index (χ2v) is 4.57. The van der Waals surface area contributed by atoms with Gasteiger partial charge < -0.3 is 0 Å². The Morgan fingerprint density at radius 2 is 1.81 bits per heavy atom. The van der Waals surface area contributed by atoms with Crippen molar-refractivity contribution >= 4 is 23.3 Å². The molecule has 0 spiro atoms. The zero-order valence-corrected chi connectivity index (χ0v) is 10.9. The van der Waals surface area contributed by atoms with Crippen molar-refractivity contribution in [3.8, 4) is 0 Å². The van der Waals surface area contributed by atoms with E-state index in [-0.39, 0.29) is 22.6 Å². The van der Waals surface area contributed by atoms with Gasteiger partial charge in [-0.05, 0) is 25.1 Å². The average Bonchev–Trinajstić information content (AvgIpc) is 2.70. The van der Waals surface area contributed by atoms with E-state index in [4.69, 9.17) is 0 Å². The number of amides is 2. The Labute approximate surface area is 119 Å². The van der Waals surface area contributed by atoms with Crippen molar-refractivity contribution in [3.63, 3.8) is 0 Å². The van der Waals surface area contributed by atoms with Gasteiger partial charge in [0, 0.05) is 17.8 Å². The van der Waals surface area contributed by atoms with E-state index < -0.39 is 16.7 Å². The molecule has 0 saturated heterocycles. The zero-order chi connectivity index (χ0) is 15.1. The fraction of sp³-hybridized carbons (Fsp3) is 0.0714.